The molecular weight excluding hydrogens is 402 g/mol. The lowest BCUT2D eigenvalue weighted by Gasteiger charge is -2.03. The van der Waals surface area contributed by atoms with E-state index < -0.39 is 5.91 Å². The fourth-order valence-electron chi connectivity index (χ4n) is 1.72. The van der Waals surface area contributed by atoms with Crippen molar-refractivity contribution in [3.05, 3.63) is 44.3 Å². The second-order valence-electron chi connectivity index (χ2n) is 4.45. The van der Waals surface area contributed by atoms with Gasteiger partial charge < -0.3 is 0 Å². The Morgan fingerprint density at radius 1 is 1.26 bits per heavy atom. The van der Waals surface area contributed by atoms with Gasteiger partial charge in [0.25, 0.3) is 11.8 Å². The molecule has 7 nitrogen and oxygen atoms in total. The molecule has 2 amide bonds. The van der Waals surface area contributed by atoms with Crippen LogP contribution in [-0.4, -0.2) is 26.6 Å². The summed E-state index contributed by atoms with van der Waals surface area (Å²) in [4.78, 5) is 28.6. The maximum Gasteiger partial charge on any atom is 0.289 e. The average molecular weight is 412 g/mol. The van der Waals surface area contributed by atoms with Crippen LogP contribution < -0.4 is 10.9 Å². The Bertz CT molecular complexity index is 869. The van der Waals surface area contributed by atoms with Crippen molar-refractivity contribution in [3.8, 4) is 10.6 Å². The van der Waals surface area contributed by atoms with E-state index in [0.29, 0.717) is 9.88 Å². The Balaban J connectivity index is 1.62. The number of amides is 2. The number of thiazole rings is 1. The topological polar surface area (TPSA) is 88.9 Å². The summed E-state index contributed by atoms with van der Waals surface area (Å²) in [6, 6.07) is 3.43. The molecule has 3 heterocycles. The fourth-order valence-corrected chi connectivity index (χ4v) is 3.77. The maximum atomic E-state index is 12.0. The quantitative estimate of drug-likeness (QED) is 0.647. The summed E-state index contributed by atoms with van der Waals surface area (Å²) in [7, 11) is 1.81. The molecule has 0 atom stereocenters. The average Bonchev–Trinajstić information content (AvgIpc) is 3.24. The van der Waals surface area contributed by atoms with Crippen molar-refractivity contribution < 1.29 is 9.59 Å². The molecule has 0 saturated heterocycles. The molecule has 0 bridgehead atoms. The molecule has 0 radical (unpaired) electrons. The SMILES string of the molecule is Cn1cc(-c2nc(C(=O)NNC(=O)c3ccc(Br)s3)cs2)cn1. The van der Waals surface area contributed by atoms with Gasteiger partial charge >= 0.3 is 0 Å². The number of carbonyl (C=O) groups excluding carboxylic acids is 2. The van der Waals surface area contributed by atoms with Crippen LogP contribution in [-0.2, 0) is 7.05 Å². The Labute approximate surface area is 147 Å². The molecule has 0 fully saturated rings. The zero-order chi connectivity index (χ0) is 16.4. The van der Waals surface area contributed by atoms with Crippen molar-refractivity contribution in [2.45, 2.75) is 0 Å². The normalized spacial score (nSPS) is 10.5. The highest BCUT2D eigenvalue weighted by Crippen LogP contribution is 2.23. The van der Waals surface area contributed by atoms with Crippen molar-refractivity contribution in [1.82, 2.24) is 25.6 Å². The molecule has 10 heteroatoms. The Morgan fingerprint density at radius 2 is 2.04 bits per heavy atom. The molecule has 118 valence electrons. The highest BCUT2D eigenvalue weighted by atomic mass is 79.9. The van der Waals surface area contributed by atoms with Crippen molar-refractivity contribution in [3.63, 3.8) is 0 Å². The second-order valence-corrected chi connectivity index (χ2v) is 7.77. The summed E-state index contributed by atoms with van der Waals surface area (Å²) < 4.78 is 2.50. The minimum absolute atomic E-state index is 0.238. The first kappa shape index (κ1) is 15.8. The minimum atomic E-state index is -0.472. The number of hydrazine groups is 1. The van der Waals surface area contributed by atoms with Crippen LogP contribution in [0.5, 0.6) is 0 Å². The van der Waals surface area contributed by atoms with Gasteiger partial charge in [0.2, 0.25) is 0 Å². The molecule has 2 N–H and O–H groups in total. The number of thiophene rings is 1. The Kier molecular flexibility index (Phi) is 4.55. The van der Waals surface area contributed by atoms with Crippen molar-refractivity contribution >= 4 is 50.4 Å². The first-order chi connectivity index (χ1) is 11.0. The predicted molar refractivity (Wildman–Crippen MR) is 91.3 cm³/mol. The highest BCUT2D eigenvalue weighted by Gasteiger charge is 2.14. The molecule has 0 saturated carbocycles. The third-order valence-corrected chi connectivity index (χ3v) is 5.29. The summed E-state index contributed by atoms with van der Waals surface area (Å²) in [5, 5.41) is 6.39. The van der Waals surface area contributed by atoms with E-state index in [1.807, 2.05) is 13.2 Å². The number of carbonyl (C=O) groups is 2. The van der Waals surface area contributed by atoms with Gasteiger partial charge in [-0.15, -0.1) is 22.7 Å². The van der Waals surface area contributed by atoms with Gasteiger partial charge in [0.15, 0.2) is 0 Å². The molecule has 0 aromatic carbocycles. The van der Waals surface area contributed by atoms with E-state index in [1.165, 1.54) is 22.7 Å². The number of nitrogens with zero attached hydrogens (tertiary/aromatic N) is 3. The van der Waals surface area contributed by atoms with Crippen LogP contribution in [0.25, 0.3) is 10.6 Å². The van der Waals surface area contributed by atoms with Crippen LogP contribution >= 0.6 is 38.6 Å². The molecule has 3 aromatic rings. The van der Waals surface area contributed by atoms with Gasteiger partial charge in [0.05, 0.1) is 14.9 Å². The van der Waals surface area contributed by atoms with Gasteiger partial charge in [-0.05, 0) is 28.1 Å². The number of aryl methyl sites for hydroxylation is 1. The van der Waals surface area contributed by atoms with E-state index >= 15 is 0 Å². The molecule has 3 aromatic heterocycles. The Hall–Kier alpha value is -2.04. The number of hydrogen-bond donors (Lipinski definition) is 2. The van der Waals surface area contributed by atoms with E-state index in [1.54, 1.807) is 28.4 Å². The number of hydrogen-bond acceptors (Lipinski definition) is 6. The van der Waals surface area contributed by atoms with Crippen molar-refractivity contribution in [1.29, 1.82) is 0 Å². The van der Waals surface area contributed by atoms with Gasteiger partial charge in [-0.2, -0.15) is 5.10 Å². The molecule has 0 aliphatic carbocycles. The molecule has 0 aliphatic rings. The van der Waals surface area contributed by atoms with E-state index in [2.05, 4.69) is 36.9 Å². The van der Waals surface area contributed by atoms with E-state index in [0.717, 1.165) is 9.35 Å². The summed E-state index contributed by atoms with van der Waals surface area (Å²) in [5.41, 5.74) is 5.79. The number of nitrogens with one attached hydrogen (secondary N) is 2. The van der Waals surface area contributed by atoms with Crippen LogP contribution in [0.4, 0.5) is 0 Å². The zero-order valence-corrected chi connectivity index (χ0v) is 15.0. The van der Waals surface area contributed by atoms with Crippen LogP contribution in [0, 0.1) is 0 Å². The summed E-state index contributed by atoms with van der Waals surface area (Å²) in [5.74, 6) is -0.850. The first-order valence-corrected chi connectivity index (χ1v) is 8.82. The van der Waals surface area contributed by atoms with Crippen LogP contribution in [0.15, 0.2) is 33.7 Å². The summed E-state index contributed by atoms with van der Waals surface area (Å²) in [6.45, 7) is 0. The molecular formula is C13H10BrN5O2S2. The molecule has 23 heavy (non-hydrogen) atoms. The minimum Gasteiger partial charge on any atom is -0.275 e. The summed E-state index contributed by atoms with van der Waals surface area (Å²) in [6.07, 6.45) is 3.49. The predicted octanol–water partition coefficient (Wildman–Crippen LogP) is 2.44. The highest BCUT2D eigenvalue weighted by molar-refractivity contribution is 9.11. The number of aromatic nitrogens is 3. The van der Waals surface area contributed by atoms with Crippen LogP contribution in [0.3, 0.4) is 0 Å². The van der Waals surface area contributed by atoms with Gasteiger partial charge in [-0.3, -0.25) is 25.1 Å². The lowest BCUT2D eigenvalue weighted by Crippen LogP contribution is -2.41. The largest absolute Gasteiger partial charge is 0.289 e. The van der Waals surface area contributed by atoms with Gasteiger partial charge in [0, 0.05) is 24.2 Å². The van der Waals surface area contributed by atoms with E-state index in [9.17, 15) is 9.59 Å². The van der Waals surface area contributed by atoms with Gasteiger partial charge in [-0.1, -0.05) is 0 Å². The third kappa shape index (κ3) is 3.66. The molecule has 3 rings (SSSR count). The number of rotatable bonds is 3. The Morgan fingerprint density at radius 3 is 2.70 bits per heavy atom. The summed E-state index contributed by atoms with van der Waals surface area (Å²) >= 11 is 5.89. The zero-order valence-electron chi connectivity index (χ0n) is 11.7. The molecule has 0 spiro atoms. The van der Waals surface area contributed by atoms with Crippen LogP contribution in [0.2, 0.25) is 0 Å². The van der Waals surface area contributed by atoms with Crippen LogP contribution in [0.1, 0.15) is 20.2 Å². The smallest absolute Gasteiger partial charge is 0.275 e. The monoisotopic (exact) mass is 411 g/mol. The van der Waals surface area contributed by atoms with Gasteiger partial charge in [-0.25, -0.2) is 4.98 Å². The molecule has 0 unspecified atom stereocenters. The van der Waals surface area contributed by atoms with E-state index in [-0.39, 0.29) is 11.6 Å². The lowest BCUT2D eigenvalue weighted by molar-refractivity contribution is 0.0846. The van der Waals surface area contributed by atoms with E-state index in [4.69, 9.17) is 0 Å². The fraction of sp³-hybridized carbons (Fsp3) is 0.0769. The first-order valence-electron chi connectivity index (χ1n) is 6.33. The molecule has 0 aliphatic heterocycles. The maximum absolute atomic E-state index is 12.0. The van der Waals surface area contributed by atoms with Crippen molar-refractivity contribution in [2.24, 2.45) is 7.05 Å². The standard InChI is InChI=1S/C13H10BrN5O2S2/c1-19-5-7(4-15-19)13-16-8(6-22-13)11(20)17-18-12(21)9-2-3-10(14)23-9/h2-6H,1H3,(H,17,20)(H,18,21). The second kappa shape index (κ2) is 6.60. The number of halogens is 1. The van der Waals surface area contributed by atoms with Crippen molar-refractivity contribution in [2.75, 3.05) is 0 Å². The third-order valence-electron chi connectivity index (χ3n) is 2.78. The lowest BCUT2D eigenvalue weighted by atomic mass is 10.4. The van der Waals surface area contributed by atoms with Gasteiger partial charge in [0.1, 0.15) is 10.7 Å².